The molecule has 0 nitrogen and oxygen atoms in total. The molecule has 0 saturated heterocycles. The molecule has 0 bridgehead atoms. The molecule has 0 atom stereocenters. The lowest BCUT2D eigenvalue weighted by atomic mass is 9.66. The van der Waals surface area contributed by atoms with Crippen molar-refractivity contribution < 1.29 is 8.78 Å². The maximum absolute atomic E-state index is 14.3. The van der Waals surface area contributed by atoms with E-state index in [-0.39, 0.29) is 5.92 Å². The van der Waals surface area contributed by atoms with E-state index >= 15 is 0 Å². The molecular formula is C24H34F2. The summed E-state index contributed by atoms with van der Waals surface area (Å²) < 4.78 is 28.2. The minimum Gasteiger partial charge on any atom is -0.203 e. The van der Waals surface area contributed by atoms with Crippen molar-refractivity contribution in [3.05, 3.63) is 34.9 Å². The Morgan fingerprint density at radius 2 is 1.08 bits per heavy atom. The maximum Gasteiger partial charge on any atom is 0.162 e. The number of aryl methyl sites for hydroxylation is 1. The summed E-state index contributed by atoms with van der Waals surface area (Å²) in [5.74, 6) is 2.75. The van der Waals surface area contributed by atoms with Gasteiger partial charge in [0.2, 0.25) is 0 Å². The molecular weight excluding hydrogens is 326 g/mol. The lowest BCUT2D eigenvalue weighted by Gasteiger charge is -2.39. The standard InChI is InChI=1S/C24H34F2/c1-16-6-15-22(24(26)23(16)25)21-13-11-20(12-14-21)19-9-7-18(8-10-19)17-4-2-3-5-17/h6,15,17-21H,2-5,7-14H2,1H3. The SMILES string of the molecule is Cc1ccc(C2CCC(C3CCC(C4CCCC4)CC3)CC2)c(F)c1F. The highest BCUT2D eigenvalue weighted by molar-refractivity contribution is 5.28. The van der Waals surface area contributed by atoms with Crippen LogP contribution in [-0.4, -0.2) is 0 Å². The molecule has 3 aliphatic rings. The first kappa shape index (κ1) is 18.4. The predicted octanol–water partition coefficient (Wildman–Crippen LogP) is 7.54. The molecule has 144 valence electrons. The van der Waals surface area contributed by atoms with Crippen LogP contribution in [-0.2, 0) is 0 Å². The smallest absolute Gasteiger partial charge is 0.162 e. The molecule has 2 heteroatoms. The second-order valence-corrected chi connectivity index (χ2v) is 9.43. The third-order valence-corrected chi connectivity index (χ3v) is 8.07. The average molecular weight is 361 g/mol. The van der Waals surface area contributed by atoms with Gasteiger partial charge in [-0.05, 0) is 99.0 Å². The van der Waals surface area contributed by atoms with E-state index < -0.39 is 11.6 Å². The second kappa shape index (κ2) is 7.98. The van der Waals surface area contributed by atoms with Crippen molar-refractivity contribution >= 4 is 0 Å². The quantitative estimate of drug-likeness (QED) is 0.522. The molecule has 0 heterocycles. The van der Waals surface area contributed by atoms with Crippen molar-refractivity contribution in [2.45, 2.75) is 89.9 Å². The molecule has 0 amide bonds. The highest BCUT2D eigenvalue weighted by atomic mass is 19.2. The molecule has 0 N–H and O–H groups in total. The van der Waals surface area contributed by atoms with Crippen molar-refractivity contribution in [1.29, 1.82) is 0 Å². The van der Waals surface area contributed by atoms with E-state index in [4.69, 9.17) is 0 Å². The number of rotatable bonds is 3. The predicted molar refractivity (Wildman–Crippen MR) is 103 cm³/mol. The Balaban J connectivity index is 1.30. The van der Waals surface area contributed by atoms with E-state index in [1.807, 2.05) is 6.07 Å². The summed E-state index contributed by atoms with van der Waals surface area (Å²) in [5.41, 5.74) is 1.04. The van der Waals surface area contributed by atoms with E-state index in [0.29, 0.717) is 11.1 Å². The molecule has 0 unspecified atom stereocenters. The molecule has 3 fully saturated rings. The van der Waals surface area contributed by atoms with Crippen molar-refractivity contribution in [3.63, 3.8) is 0 Å². The third kappa shape index (κ3) is 3.71. The molecule has 0 radical (unpaired) electrons. The summed E-state index contributed by atoms with van der Waals surface area (Å²) in [4.78, 5) is 0. The van der Waals surface area contributed by atoms with E-state index in [1.54, 1.807) is 13.0 Å². The third-order valence-electron chi connectivity index (χ3n) is 8.07. The average Bonchev–Trinajstić information content (AvgIpc) is 3.22. The minimum atomic E-state index is -0.644. The van der Waals surface area contributed by atoms with Gasteiger partial charge >= 0.3 is 0 Å². The largest absolute Gasteiger partial charge is 0.203 e. The number of hydrogen-bond donors (Lipinski definition) is 0. The van der Waals surface area contributed by atoms with Crippen molar-refractivity contribution in [2.24, 2.45) is 23.7 Å². The number of benzene rings is 1. The number of hydrogen-bond acceptors (Lipinski definition) is 0. The molecule has 3 saturated carbocycles. The Labute approximate surface area is 157 Å². The monoisotopic (exact) mass is 360 g/mol. The Bertz CT molecular complexity index is 601. The lowest BCUT2D eigenvalue weighted by Crippen LogP contribution is -2.27. The van der Waals surface area contributed by atoms with Gasteiger partial charge < -0.3 is 0 Å². The van der Waals surface area contributed by atoms with Gasteiger partial charge in [-0.1, -0.05) is 37.8 Å². The van der Waals surface area contributed by atoms with Crippen molar-refractivity contribution in [3.8, 4) is 0 Å². The van der Waals surface area contributed by atoms with E-state index in [9.17, 15) is 8.78 Å². The summed E-state index contributed by atoms with van der Waals surface area (Å²) in [5, 5.41) is 0. The molecule has 0 aromatic heterocycles. The topological polar surface area (TPSA) is 0 Å². The minimum absolute atomic E-state index is 0.219. The fourth-order valence-corrected chi connectivity index (χ4v) is 6.39. The summed E-state index contributed by atoms with van der Waals surface area (Å²) in [6.45, 7) is 1.64. The van der Waals surface area contributed by atoms with Gasteiger partial charge in [0.05, 0.1) is 0 Å². The van der Waals surface area contributed by atoms with Gasteiger partial charge in [0.1, 0.15) is 0 Å². The molecule has 1 aromatic rings. The van der Waals surface area contributed by atoms with Gasteiger partial charge in [-0.15, -0.1) is 0 Å². The van der Waals surface area contributed by atoms with Gasteiger partial charge in [0, 0.05) is 0 Å². The van der Waals surface area contributed by atoms with Gasteiger partial charge in [-0.2, -0.15) is 0 Å². The van der Waals surface area contributed by atoms with Crippen molar-refractivity contribution in [2.75, 3.05) is 0 Å². The van der Waals surface area contributed by atoms with Gasteiger partial charge in [-0.3, -0.25) is 0 Å². The Morgan fingerprint density at radius 1 is 0.615 bits per heavy atom. The maximum atomic E-state index is 14.3. The first-order chi connectivity index (χ1) is 12.6. The fourth-order valence-electron chi connectivity index (χ4n) is 6.39. The van der Waals surface area contributed by atoms with Gasteiger partial charge in [-0.25, -0.2) is 8.78 Å². The normalized spacial score (nSPS) is 33.5. The van der Waals surface area contributed by atoms with Gasteiger partial charge in [0.15, 0.2) is 11.6 Å². The van der Waals surface area contributed by atoms with Crippen LogP contribution >= 0.6 is 0 Å². The van der Waals surface area contributed by atoms with Crippen LogP contribution in [0.1, 0.15) is 94.1 Å². The summed E-state index contributed by atoms with van der Waals surface area (Å²) >= 11 is 0. The van der Waals surface area contributed by atoms with Crippen LogP contribution in [0.2, 0.25) is 0 Å². The molecule has 26 heavy (non-hydrogen) atoms. The van der Waals surface area contributed by atoms with E-state index in [1.165, 1.54) is 64.2 Å². The number of halogens is 2. The van der Waals surface area contributed by atoms with Crippen LogP contribution in [0.4, 0.5) is 8.78 Å². The second-order valence-electron chi connectivity index (χ2n) is 9.43. The molecule has 1 aromatic carbocycles. The Hall–Kier alpha value is -0.920. The summed E-state index contributed by atoms with van der Waals surface area (Å²) in [7, 11) is 0. The first-order valence-corrected chi connectivity index (χ1v) is 11.1. The highest BCUT2D eigenvalue weighted by Crippen LogP contribution is 2.47. The zero-order valence-electron chi connectivity index (χ0n) is 16.3. The fraction of sp³-hybridized carbons (Fsp3) is 0.750. The van der Waals surface area contributed by atoms with Crippen LogP contribution in [0.15, 0.2) is 12.1 Å². The zero-order chi connectivity index (χ0) is 18.1. The molecule has 0 aliphatic heterocycles. The Morgan fingerprint density at radius 3 is 1.62 bits per heavy atom. The Kier molecular flexibility index (Phi) is 5.66. The van der Waals surface area contributed by atoms with Crippen LogP contribution in [0.5, 0.6) is 0 Å². The zero-order valence-corrected chi connectivity index (χ0v) is 16.3. The first-order valence-electron chi connectivity index (χ1n) is 11.1. The van der Waals surface area contributed by atoms with Crippen LogP contribution < -0.4 is 0 Å². The molecule has 0 spiro atoms. The molecule has 3 aliphatic carbocycles. The summed E-state index contributed by atoms with van der Waals surface area (Å²) in [6.07, 6.45) is 16.1. The van der Waals surface area contributed by atoms with Crippen molar-refractivity contribution in [1.82, 2.24) is 0 Å². The highest BCUT2D eigenvalue weighted by Gasteiger charge is 2.34. The molecule has 4 rings (SSSR count). The van der Waals surface area contributed by atoms with Gasteiger partial charge in [0.25, 0.3) is 0 Å². The van der Waals surface area contributed by atoms with Crippen LogP contribution in [0.25, 0.3) is 0 Å². The summed E-state index contributed by atoms with van der Waals surface area (Å²) in [6, 6.07) is 3.57. The van der Waals surface area contributed by atoms with Crippen LogP contribution in [0, 0.1) is 42.2 Å². The lowest BCUT2D eigenvalue weighted by molar-refractivity contribution is 0.135. The van der Waals surface area contributed by atoms with E-state index in [0.717, 1.165) is 36.5 Å². The van der Waals surface area contributed by atoms with E-state index in [2.05, 4.69) is 0 Å². The van der Waals surface area contributed by atoms with Crippen LogP contribution in [0.3, 0.4) is 0 Å².